The zero-order chi connectivity index (χ0) is 14.7. The smallest absolute Gasteiger partial charge is 0.0123 e. The summed E-state index contributed by atoms with van der Waals surface area (Å²) >= 11 is 0. The maximum absolute atomic E-state index is 2.35. The predicted molar refractivity (Wildman–Crippen MR) is 90.8 cm³/mol. The van der Waals surface area contributed by atoms with Crippen LogP contribution in [0.25, 0.3) is 0 Å². The highest BCUT2D eigenvalue weighted by molar-refractivity contribution is 5.41. The molecule has 1 saturated carbocycles. The van der Waals surface area contributed by atoms with Gasteiger partial charge in [0.1, 0.15) is 0 Å². The van der Waals surface area contributed by atoms with E-state index in [4.69, 9.17) is 0 Å². The van der Waals surface area contributed by atoms with Crippen LogP contribution in [0.5, 0.6) is 0 Å². The van der Waals surface area contributed by atoms with Gasteiger partial charge in [-0.2, -0.15) is 0 Å². The van der Waals surface area contributed by atoms with Crippen LogP contribution in [0.2, 0.25) is 0 Å². The molecular weight excluding hydrogens is 252 g/mol. The van der Waals surface area contributed by atoms with Crippen molar-refractivity contribution < 1.29 is 0 Å². The minimum absolute atomic E-state index is 0.577. The summed E-state index contributed by atoms with van der Waals surface area (Å²) < 4.78 is 0. The molecule has 0 radical (unpaired) electrons. The lowest BCUT2D eigenvalue weighted by Crippen LogP contribution is -2.19. The second-order valence-electron chi connectivity index (χ2n) is 6.59. The third-order valence-electron chi connectivity index (χ3n) is 5.17. The molecule has 1 aliphatic carbocycles. The SMILES string of the molecule is Cc1ccccc1C(c1ccccc1C)C1CCCCC1. The minimum Gasteiger partial charge on any atom is -0.0620 e. The molecule has 3 rings (SSSR count). The molecule has 0 saturated heterocycles. The van der Waals surface area contributed by atoms with Gasteiger partial charge >= 0.3 is 0 Å². The zero-order valence-electron chi connectivity index (χ0n) is 13.3. The Kier molecular flexibility index (Phi) is 4.43. The largest absolute Gasteiger partial charge is 0.0620 e. The molecule has 2 aromatic rings. The molecule has 0 nitrogen and oxygen atoms in total. The fourth-order valence-corrected chi connectivity index (χ4v) is 4.01. The van der Waals surface area contributed by atoms with Crippen LogP contribution >= 0.6 is 0 Å². The Morgan fingerprint density at radius 1 is 0.714 bits per heavy atom. The summed E-state index contributed by atoms with van der Waals surface area (Å²) in [5.41, 5.74) is 5.96. The van der Waals surface area contributed by atoms with Crippen molar-refractivity contribution in [1.82, 2.24) is 0 Å². The van der Waals surface area contributed by atoms with Crippen molar-refractivity contribution in [2.75, 3.05) is 0 Å². The molecule has 0 unspecified atom stereocenters. The molecular formula is C21H26. The average molecular weight is 278 g/mol. The summed E-state index contributed by atoms with van der Waals surface area (Å²) in [6.07, 6.45) is 6.99. The third-order valence-corrected chi connectivity index (χ3v) is 5.17. The van der Waals surface area contributed by atoms with Crippen molar-refractivity contribution in [2.24, 2.45) is 5.92 Å². The Morgan fingerprint density at radius 3 is 1.67 bits per heavy atom. The van der Waals surface area contributed by atoms with Crippen LogP contribution in [0, 0.1) is 19.8 Å². The topological polar surface area (TPSA) is 0 Å². The first-order valence-corrected chi connectivity index (χ1v) is 8.38. The van der Waals surface area contributed by atoms with Crippen LogP contribution in [0.4, 0.5) is 0 Å². The third kappa shape index (κ3) is 3.05. The van der Waals surface area contributed by atoms with Crippen LogP contribution in [-0.2, 0) is 0 Å². The van der Waals surface area contributed by atoms with E-state index < -0.39 is 0 Å². The standard InChI is InChI=1S/C21H26/c1-16-10-6-8-14-19(16)21(18-12-4-3-5-13-18)20-15-9-7-11-17(20)2/h6-11,14-15,18,21H,3-5,12-13H2,1-2H3. The van der Waals surface area contributed by atoms with E-state index in [0.29, 0.717) is 5.92 Å². The molecule has 0 aliphatic heterocycles. The predicted octanol–water partition coefficient (Wildman–Crippen LogP) is 6.02. The molecule has 0 heteroatoms. The molecule has 0 aromatic heterocycles. The lowest BCUT2D eigenvalue weighted by atomic mass is 9.72. The van der Waals surface area contributed by atoms with E-state index in [-0.39, 0.29) is 0 Å². The number of hydrogen-bond donors (Lipinski definition) is 0. The van der Waals surface area contributed by atoms with Crippen LogP contribution < -0.4 is 0 Å². The summed E-state index contributed by atoms with van der Waals surface area (Å²) in [7, 11) is 0. The maximum atomic E-state index is 2.35. The van der Waals surface area contributed by atoms with E-state index in [1.54, 1.807) is 11.1 Å². The number of aryl methyl sites for hydroxylation is 2. The molecule has 1 fully saturated rings. The molecule has 21 heavy (non-hydrogen) atoms. The normalized spacial score (nSPS) is 16.3. The Balaban J connectivity index is 2.07. The van der Waals surface area contributed by atoms with Gasteiger partial charge in [0.2, 0.25) is 0 Å². The Bertz CT molecular complexity index is 545. The van der Waals surface area contributed by atoms with E-state index in [9.17, 15) is 0 Å². The molecule has 2 aromatic carbocycles. The van der Waals surface area contributed by atoms with Gasteiger partial charge in [-0.05, 0) is 54.9 Å². The minimum atomic E-state index is 0.577. The number of benzene rings is 2. The van der Waals surface area contributed by atoms with Gasteiger partial charge in [0.25, 0.3) is 0 Å². The first kappa shape index (κ1) is 14.4. The summed E-state index contributed by atoms with van der Waals surface area (Å²) in [6, 6.07) is 18.0. The summed E-state index contributed by atoms with van der Waals surface area (Å²) in [6.45, 7) is 4.53. The molecule has 0 spiro atoms. The molecule has 0 N–H and O–H groups in total. The van der Waals surface area contributed by atoms with Gasteiger partial charge in [0.15, 0.2) is 0 Å². The zero-order valence-corrected chi connectivity index (χ0v) is 13.3. The lowest BCUT2D eigenvalue weighted by Gasteiger charge is -2.33. The Morgan fingerprint density at radius 2 is 1.19 bits per heavy atom. The number of hydrogen-bond acceptors (Lipinski definition) is 0. The fourth-order valence-electron chi connectivity index (χ4n) is 4.01. The highest BCUT2D eigenvalue weighted by Crippen LogP contribution is 2.42. The van der Waals surface area contributed by atoms with Crippen molar-refractivity contribution in [2.45, 2.75) is 51.9 Å². The molecule has 0 atom stereocenters. The van der Waals surface area contributed by atoms with Crippen molar-refractivity contribution in [3.8, 4) is 0 Å². The van der Waals surface area contributed by atoms with Crippen molar-refractivity contribution in [3.63, 3.8) is 0 Å². The second kappa shape index (κ2) is 6.47. The van der Waals surface area contributed by atoms with E-state index in [1.807, 2.05) is 0 Å². The van der Waals surface area contributed by atoms with Gasteiger partial charge in [-0.3, -0.25) is 0 Å². The Hall–Kier alpha value is -1.56. The van der Waals surface area contributed by atoms with E-state index in [1.165, 1.54) is 43.2 Å². The van der Waals surface area contributed by atoms with Gasteiger partial charge in [0.05, 0.1) is 0 Å². The fraction of sp³-hybridized carbons (Fsp3) is 0.429. The summed E-state index contributed by atoms with van der Waals surface area (Å²) in [4.78, 5) is 0. The molecule has 0 amide bonds. The van der Waals surface area contributed by atoms with Gasteiger partial charge in [-0.15, -0.1) is 0 Å². The monoisotopic (exact) mass is 278 g/mol. The van der Waals surface area contributed by atoms with Gasteiger partial charge < -0.3 is 0 Å². The molecule has 1 aliphatic rings. The highest BCUT2D eigenvalue weighted by Gasteiger charge is 2.28. The van der Waals surface area contributed by atoms with Gasteiger partial charge in [0, 0.05) is 5.92 Å². The summed E-state index contributed by atoms with van der Waals surface area (Å²) in [5.74, 6) is 1.38. The van der Waals surface area contributed by atoms with E-state index in [0.717, 1.165) is 5.92 Å². The second-order valence-corrected chi connectivity index (χ2v) is 6.59. The average Bonchev–Trinajstić information content (AvgIpc) is 2.52. The molecule has 0 heterocycles. The van der Waals surface area contributed by atoms with Crippen LogP contribution in [0.1, 0.15) is 60.3 Å². The highest BCUT2D eigenvalue weighted by atomic mass is 14.3. The van der Waals surface area contributed by atoms with Crippen LogP contribution in [-0.4, -0.2) is 0 Å². The van der Waals surface area contributed by atoms with Crippen molar-refractivity contribution in [1.29, 1.82) is 0 Å². The number of rotatable bonds is 3. The van der Waals surface area contributed by atoms with Gasteiger partial charge in [-0.25, -0.2) is 0 Å². The maximum Gasteiger partial charge on any atom is 0.0123 e. The summed E-state index contributed by atoms with van der Waals surface area (Å²) in [5, 5.41) is 0. The van der Waals surface area contributed by atoms with Crippen LogP contribution in [0.3, 0.4) is 0 Å². The van der Waals surface area contributed by atoms with Crippen LogP contribution in [0.15, 0.2) is 48.5 Å². The van der Waals surface area contributed by atoms with Crippen molar-refractivity contribution in [3.05, 3.63) is 70.8 Å². The first-order valence-electron chi connectivity index (χ1n) is 8.38. The van der Waals surface area contributed by atoms with Gasteiger partial charge in [-0.1, -0.05) is 67.8 Å². The first-order chi connectivity index (χ1) is 10.3. The van der Waals surface area contributed by atoms with E-state index in [2.05, 4.69) is 62.4 Å². The Labute approximate surface area is 129 Å². The van der Waals surface area contributed by atoms with Crippen molar-refractivity contribution >= 4 is 0 Å². The molecule has 110 valence electrons. The lowest BCUT2D eigenvalue weighted by molar-refractivity contribution is 0.326. The quantitative estimate of drug-likeness (QED) is 0.644. The molecule has 0 bridgehead atoms. The van der Waals surface area contributed by atoms with E-state index >= 15 is 0 Å².